The number of aliphatic hydroxyl groups is 2. The van der Waals surface area contributed by atoms with Crippen LogP contribution in [0.5, 0.6) is 11.5 Å². The summed E-state index contributed by atoms with van der Waals surface area (Å²) >= 11 is 1.67. The number of hydrogen-bond donors (Lipinski definition) is 3. The highest BCUT2D eigenvalue weighted by Gasteiger charge is 2.64. The minimum Gasteiger partial charge on any atom is -0.460 e. The van der Waals surface area contributed by atoms with Crippen molar-refractivity contribution >= 4 is 29.3 Å². The van der Waals surface area contributed by atoms with Crippen LogP contribution in [0, 0.1) is 27.9 Å². The molecule has 2 aliphatic carbocycles. The largest absolute Gasteiger partial charge is 0.460 e. The quantitative estimate of drug-likeness (QED) is 0.0264. The molecule has 6 rings (SSSR count). The molecule has 358 valence electrons. The van der Waals surface area contributed by atoms with Crippen LogP contribution < -0.4 is 14.8 Å². The number of allylic oxidation sites excluding steroid dienone is 1. The molecule has 0 saturated heterocycles. The number of fused-ring (bicyclic) bond motifs is 2. The van der Waals surface area contributed by atoms with Crippen molar-refractivity contribution < 1.29 is 39.0 Å². The van der Waals surface area contributed by atoms with Gasteiger partial charge >= 0.3 is 6.09 Å². The number of thioether (sulfide) groups is 1. The number of oxime groups is 1. The first-order valence-corrected chi connectivity index (χ1v) is 25.3. The molecule has 1 saturated carbocycles. The highest BCUT2D eigenvalue weighted by Crippen LogP contribution is 2.63. The number of rotatable bonds is 29. The lowest BCUT2D eigenvalue weighted by molar-refractivity contribution is -0.384. The molecule has 1 heterocycles. The standard InChI is InChI=1S/C53H71N3O9S/c1-3-5-6-7-8-9-10-11-12-18-31-54-52(59)64-42-29-30-48-46(36-42)50-44(24-17-20-33-58)40(21-16-19-32-57)35-45-47(55-63-38-39-25-27-41(28-26-39)56(60)61)37-49(66-43-22-14-13-15-23-43)53(65-48,51(45)50)62-34-4-2/h4,13-15,22-23,25-30,35-36,40,44,49-51,57-58H,2-3,5-12,16-21,24,31-34,37-38H2,1H3,(H,54,59)/t40-,44+,49-,50+,51+,53+/m0/s1. The number of carbonyl (C=O) groups excluding carboxylic acids is 1. The second-order valence-corrected chi connectivity index (χ2v) is 19.1. The number of non-ortho nitro benzene ring substituents is 1. The van der Waals surface area contributed by atoms with Crippen molar-refractivity contribution in [2.75, 3.05) is 26.4 Å². The number of nitrogens with zero attached hydrogens (tertiary/aromatic N) is 2. The van der Waals surface area contributed by atoms with Crippen LogP contribution in [0.25, 0.3) is 0 Å². The summed E-state index contributed by atoms with van der Waals surface area (Å²) in [5.74, 6) is -0.525. The SMILES string of the molecule is C=CCO[C@@]12Oc3ccc(OC(=O)NCCCCCCCCCCCC)cc3[C@H]3[C@H](CCCCO)[C@@H](CCCCO)C=C(C(=NOCc4ccc([N+](=O)[O-])cc4)C[C@@H]1Sc1ccccc1)[C@H]32. The number of nitro groups is 1. The van der Waals surface area contributed by atoms with Crippen molar-refractivity contribution in [1.82, 2.24) is 5.32 Å². The van der Waals surface area contributed by atoms with Gasteiger partial charge in [-0.25, -0.2) is 4.79 Å². The third-order valence-corrected chi connectivity index (χ3v) is 14.5. The Morgan fingerprint density at radius 3 is 2.30 bits per heavy atom. The molecular weight excluding hydrogens is 855 g/mol. The summed E-state index contributed by atoms with van der Waals surface area (Å²) in [5, 5.41) is 38.7. The van der Waals surface area contributed by atoms with Crippen LogP contribution in [-0.4, -0.2) is 64.3 Å². The molecule has 0 spiro atoms. The number of nitrogens with one attached hydrogen (secondary N) is 1. The summed E-state index contributed by atoms with van der Waals surface area (Å²) in [6.07, 6.45) is 20.8. The fourth-order valence-corrected chi connectivity index (χ4v) is 11.3. The predicted octanol–water partition coefficient (Wildman–Crippen LogP) is 12.2. The molecule has 1 amide bonds. The summed E-state index contributed by atoms with van der Waals surface area (Å²) in [5.41, 5.74) is 3.41. The maximum absolute atomic E-state index is 13.3. The average molecular weight is 926 g/mol. The second kappa shape index (κ2) is 26.6. The topological polar surface area (TPSA) is 162 Å². The number of carbonyl (C=O) groups is 1. The number of benzene rings is 3. The Hall–Kier alpha value is -4.69. The van der Waals surface area contributed by atoms with E-state index >= 15 is 0 Å². The monoisotopic (exact) mass is 925 g/mol. The van der Waals surface area contributed by atoms with Crippen LogP contribution in [0.4, 0.5) is 10.5 Å². The molecule has 1 fully saturated rings. The van der Waals surface area contributed by atoms with Crippen LogP contribution in [0.2, 0.25) is 0 Å². The van der Waals surface area contributed by atoms with Gasteiger partial charge in [0.1, 0.15) is 18.1 Å². The van der Waals surface area contributed by atoms with E-state index in [0.717, 1.165) is 72.3 Å². The number of amides is 1. The van der Waals surface area contributed by atoms with E-state index in [0.29, 0.717) is 37.3 Å². The first-order chi connectivity index (χ1) is 32.3. The van der Waals surface area contributed by atoms with Crippen LogP contribution >= 0.6 is 11.8 Å². The van der Waals surface area contributed by atoms with Gasteiger partial charge in [0.05, 0.1) is 28.4 Å². The molecule has 1 aliphatic heterocycles. The number of ether oxygens (including phenoxy) is 3. The maximum Gasteiger partial charge on any atom is 0.412 e. The molecule has 0 unspecified atom stereocenters. The molecular formula is C53H71N3O9S. The fraction of sp³-hybridized carbons (Fsp3) is 0.547. The van der Waals surface area contributed by atoms with Gasteiger partial charge in [-0.1, -0.05) is 113 Å². The van der Waals surface area contributed by atoms with E-state index in [1.807, 2.05) is 30.3 Å². The second-order valence-electron chi connectivity index (χ2n) is 17.9. The van der Waals surface area contributed by atoms with Gasteiger partial charge in [-0.2, -0.15) is 0 Å². The molecule has 3 aromatic rings. The molecule has 3 aromatic carbocycles. The Kier molecular flexibility index (Phi) is 20.4. The lowest BCUT2D eigenvalue weighted by Gasteiger charge is -2.58. The zero-order chi connectivity index (χ0) is 46.6. The lowest BCUT2D eigenvalue weighted by Crippen LogP contribution is -2.64. The molecule has 0 aromatic heterocycles. The van der Waals surface area contributed by atoms with Crippen molar-refractivity contribution in [3.63, 3.8) is 0 Å². The van der Waals surface area contributed by atoms with Gasteiger partial charge in [-0.05, 0) is 97.5 Å². The summed E-state index contributed by atoms with van der Waals surface area (Å²) in [4.78, 5) is 31.4. The summed E-state index contributed by atoms with van der Waals surface area (Å²) in [7, 11) is 0. The fourth-order valence-electron chi connectivity index (χ4n) is 10.00. The van der Waals surface area contributed by atoms with Crippen molar-refractivity contribution in [3.05, 3.63) is 118 Å². The average Bonchev–Trinajstić information content (AvgIpc) is 3.32. The van der Waals surface area contributed by atoms with Crippen molar-refractivity contribution in [1.29, 1.82) is 0 Å². The van der Waals surface area contributed by atoms with Crippen molar-refractivity contribution in [2.24, 2.45) is 22.9 Å². The van der Waals surface area contributed by atoms with Gasteiger partial charge in [0.15, 0.2) is 0 Å². The highest BCUT2D eigenvalue weighted by molar-refractivity contribution is 8.00. The van der Waals surface area contributed by atoms with Crippen molar-refractivity contribution in [2.45, 2.75) is 145 Å². The van der Waals surface area contributed by atoms with Crippen LogP contribution in [0.3, 0.4) is 0 Å². The van der Waals surface area contributed by atoms with Crippen LogP contribution in [0.1, 0.15) is 133 Å². The number of aliphatic hydroxyl groups excluding tert-OH is 2. The zero-order valence-electron chi connectivity index (χ0n) is 38.8. The third-order valence-electron chi connectivity index (χ3n) is 13.2. The van der Waals surface area contributed by atoms with E-state index in [9.17, 15) is 25.1 Å². The van der Waals surface area contributed by atoms with E-state index in [1.165, 1.54) is 57.1 Å². The Balaban J connectivity index is 1.34. The van der Waals surface area contributed by atoms with E-state index in [2.05, 4.69) is 37.0 Å². The normalized spacial score (nSPS) is 22.4. The van der Waals surface area contributed by atoms with Gasteiger partial charge in [-0.15, -0.1) is 18.3 Å². The first kappa shape index (κ1) is 50.7. The van der Waals surface area contributed by atoms with E-state index < -0.39 is 16.8 Å². The first-order valence-electron chi connectivity index (χ1n) is 24.4. The van der Waals surface area contributed by atoms with Gasteiger partial charge in [0.2, 0.25) is 5.79 Å². The van der Waals surface area contributed by atoms with Gasteiger partial charge in [0.25, 0.3) is 5.69 Å². The molecule has 6 atom stereocenters. The molecule has 13 heteroatoms. The molecule has 3 N–H and O–H groups in total. The Labute approximate surface area is 395 Å². The Morgan fingerprint density at radius 1 is 0.924 bits per heavy atom. The number of hydrogen-bond acceptors (Lipinski definition) is 11. The molecule has 0 bridgehead atoms. The molecule has 0 radical (unpaired) electrons. The lowest BCUT2D eigenvalue weighted by atomic mass is 9.56. The van der Waals surface area contributed by atoms with E-state index in [1.54, 1.807) is 36.0 Å². The maximum atomic E-state index is 13.3. The smallest absolute Gasteiger partial charge is 0.412 e. The van der Waals surface area contributed by atoms with E-state index in [-0.39, 0.29) is 61.0 Å². The van der Waals surface area contributed by atoms with Crippen LogP contribution in [0.15, 0.2) is 107 Å². The number of unbranched alkanes of at least 4 members (excludes halogenated alkanes) is 11. The summed E-state index contributed by atoms with van der Waals surface area (Å²) in [6, 6.07) is 22.1. The van der Waals surface area contributed by atoms with E-state index in [4.69, 9.17) is 24.2 Å². The minimum absolute atomic E-state index is 0.00397. The number of nitro benzene ring substituents is 1. The zero-order valence-corrected chi connectivity index (χ0v) is 39.6. The van der Waals surface area contributed by atoms with Gasteiger partial charge in [0, 0.05) is 54.7 Å². The predicted molar refractivity (Wildman–Crippen MR) is 261 cm³/mol. The molecule has 3 aliphatic rings. The van der Waals surface area contributed by atoms with Gasteiger partial charge in [-0.3, -0.25) is 10.1 Å². The minimum atomic E-state index is -1.18. The van der Waals surface area contributed by atoms with Crippen LogP contribution in [-0.2, 0) is 16.2 Å². The summed E-state index contributed by atoms with van der Waals surface area (Å²) in [6.45, 7) is 7.36. The third kappa shape index (κ3) is 13.7. The Bertz CT molecular complexity index is 2050. The van der Waals surface area contributed by atoms with Gasteiger partial charge < -0.3 is 34.6 Å². The highest BCUT2D eigenvalue weighted by atomic mass is 32.2. The Morgan fingerprint density at radius 2 is 1.62 bits per heavy atom. The molecule has 66 heavy (non-hydrogen) atoms. The van der Waals surface area contributed by atoms with Crippen molar-refractivity contribution in [3.8, 4) is 11.5 Å². The summed E-state index contributed by atoms with van der Waals surface area (Å²) < 4.78 is 20.3. The molecule has 12 nitrogen and oxygen atoms in total.